The van der Waals surface area contributed by atoms with Crippen LogP contribution in [0.1, 0.15) is 15.9 Å². The van der Waals surface area contributed by atoms with Crippen LogP contribution >= 0.6 is 23.6 Å². The first kappa shape index (κ1) is 10.8. The van der Waals surface area contributed by atoms with Crippen molar-refractivity contribution in [2.75, 3.05) is 5.32 Å². The number of hydrogen-bond donors (Lipinski definition) is 3. The van der Waals surface area contributed by atoms with Crippen LogP contribution in [0, 0.1) is 0 Å². The zero-order valence-electron chi connectivity index (χ0n) is 8.06. The third kappa shape index (κ3) is 2.10. The molecule has 0 aliphatic heterocycles. The number of carbonyl (C=O) groups is 1. The Labute approximate surface area is 101 Å². The highest BCUT2D eigenvalue weighted by Gasteiger charge is 2.12. The van der Waals surface area contributed by atoms with Crippen LogP contribution in [0.15, 0.2) is 23.0 Å². The van der Waals surface area contributed by atoms with Crippen LogP contribution in [0.4, 0.5) is 5.82 Å². The highest BCUT2D eigenvalue weighted by molar-refractivity contribution is 7.80. The van der Waals surface area contributed by atoms with Crippen molar-refractivity contribution in [1.29, 1.82) is 0 Å². The van der Waals surface area contributed by atoms with Gasteiger partial charge < -0.3 is 11.1 Å². The fourth-order valence-corrected chi connectivity index (χ4v) is 1.94. The molecule has 0 unspecified atom stereocenters. The number of aromatic amines is 1. The second-order valence-electron chi connectivity index (χ2n) is 2.99. The zero-order valence-corrected chi connectivity index (χ0v) is 9.69. The summed E-state index contributed by atoms with van der Waals surface area (Å²) in [6.45, 7) is 0. The van der Waals surface area contributed by atoms with E-state index in [0.29, 0.717) is 16.9 Å². The van der Waals surface area contributed by atoms with Gasteiger partial charge in [-0.05, 0) is 11.4 Å². The standard InChI is InChI=1S/C9H8N4OS2/c10-7(15)6-3-11-13-8(6)12-9(14)5-1-2-16-4-5/h1-4H,(H2,10,15)(H2,11,12,13,14). The third-order valence-corrected chi connectivity index (χ3v) is 2.83. The number of nitrogens with two attached hydrogens (primary N) is 1. The molecule has 4 N–H and O–H groups in total. The highest BCUT2D eigenvalue weighted by atomic mass is 32.1. The van der Waals surface area contributed by atoms with Crippen molar-refractivity contribution >= 4 is 40.3 Å². The molecular formula is C9H8N4OS2. The van der Waals surface area contributed by atoms with E-state index in [1.54, 1.807) is 11.4 Å². The van der Waals surface area contributed by atoms with Crippen LogP contribution in [0.3, 0.4) is 0 Å². The first-order chi connectivity index (χ1) is 7.68. The molecule has 0 atom stereocenters. The van der Waals surface area contributed by atoms with E-state index in [9.17, 15) is 4.79 Å². The molecule has 16 heavy (non-hydrogen) atoms. The summed E-state index contributed by atoms with van der Waals surface area (Å²) < 4.78 is 0. The molecule has 7 heteroatoms. The van der Waals surface area contributed by atoms with E-state index in [1.165, 1.54) is 17.5 Å². The molecule has 2 aromatic rings. The molecule has 0 fully saturated rings. The highest BCUT2D eigenvalue weighted by Crippen LogP contribution is 2.13. The molecule has 0 aliphatic rings. The molecule has 1 amide bonds. The maximum atomic E-state index is 11.7. The SMILES string of the molecule is NC(=S)c1cn[nH]c1NC(=O)c1ccsc1. The monoisotopic (exact) mass is 252 g/mol. The van der Waals surface area contributed by atoms with Gasteiger partial charge in [0.1, 0.15) is 10.8 Å². The van der Waals surface area contributed by atoms with Gasteiger partial charge in [0.2, 0.25) is 0 Å². The molecule has 2 heterocycles. The smallest absolute Gasteiger partial charge is 0.257 e. The van der Waals surface area contributed by atoms with E-state index >= 15 is 0 Å². The quantitative estimate of drug-likeness (QED) is 0.720. The van der Waals surface area contributed by atoms with Gasteiger partial charge in [0, 0.05) is 5.38 Å². The minimum absolute atomic E-state index is 0.189. The summed E-state index contributed by atoms with van der Waals surface area (Å²) in [6.07, 6.45) is 1.48. The number of carbonyl (C=O) groups excluding carboxylic acids is 1. The number of hydrogen-bond acceptors (Lipinski definition) is 4. The van der Waals surface area contributed by atoms with Gasteiger partial charge in [0.15, 0.2) is 0 Å². The number of rotatable bonds is 3. The first-order valence-electron chi connectivity index (χ1n) is 4.35. The predicted octanol–water partition coefficient (Wildman–Crippen LogP) is 1.36. The van der Waals surface area contributed by atoms with Crippen molar-refractivity contribution in [2.45, 2.75) is 0 Å². The molecule has 5 nitrogen and oxygen atoms in total. The molecule has 82 valence electrons. The number of nitrogens with zero attached hydrogens (tertiary/aromatic N) is 1. The van der Waals surface area contributed by atoms with E-state index in [-0.39, 0.29) is 10.9 Å². The lowest BCUT2D eigenvalue weighted by molar-refractivity contribution is 0.102. The summed E-state index contributed by atoms with van der Waals surface area (Å²) in [5.74, 6) is 0.201. The van der Waals surface area contributed by atoms with Crippen molar-refractivity contribution in [2.24, 2.45) is 5.73 Å². The van der Waals surface area contributed by atoms with E-state index in [1.807, 2.05) is 5.38 Å². The van der Waals surface area contributed by atoms with Gasteiger partial charge in [-0.3, -0.25) is 9.89 Å². The molecule has 0 aliphatic carbocycles. The van der Waals surface area contributed by atoms with E-state index in [2.05, 4.69) is 15.5 Å². The lowest BCUT2D eigenvalue weighted by atomic mass is 10.3. The normalized spacial score (nSPS) is 10.0. The molecule has 0 aromatic carbocycles. The van der Waals surface area contributed by atoms with Crippen LogP contribution < -0.4 is 11.1 Å². The molecule has 2 rings (SSSR count). The molecule has 2 aromatic heterocycles. The number of thiophene rings is 1. The van der Waals surface area contributed by atoms with E-state index in [4.69, 9.17) is 18.0 Å². The summed E-state index contributed by atoms with van der Waals surface area (Å²) in [6, 6.07) is 1.73. The van der Waals surface area contributed by atoms with Crippen LogP contribution in [0.25, 0.3) is 0 Å². The molecule has 0 saturated heterocycles. The van der Waals surface area contributed by atoms with Gasteiger partial charge >= 0.3 is 0 Å². The summed E-state index contributed by atoms with van der Waals surface area (Å²) >= 11 is 6.28. The Bertz CT molecular complexity index is 517. The van der Waals surface area contributed by atoms with Crippen molar-refractivity contribution < 1.29 is 4.79 Å². The van der Waals surface area contributed by atoms with Crippen molar-refractivity contribution in [3.63, 3.8) is 0 Å². The Kier molecular flexibility index (Phi) is 2.97. The number of thiocarbonyl (C=S) groups is 1. The van der Waals surface area contributed by atoms with Gasteiger partial charge in [-0.25, -0.2) is 0 Å². The summed E-state index contributed by atoms with van der Waals surface area (Å²) in [7, 11) is 0. The minimum Gasteiger partial charge on any atom is -0.389 e. The second kappa shape index (κ2) is 4.42. The first-order valence-corrected chi connectivity index (χ1v) is 5.70. The third-order valence-electron chi connectivity index (χ3n) is 1.93. The van der Waals surface area contributed by atoms with Crippen LogP contribution in [-0.4, -0.2) is 21.1 Å². The topological polar surface area (TPSA) is 83.8 Å². The predicted molar refractivity (Wildman–Crippen MR) is 66.7 cm³/mol. The largest absolute Gasteiger partial charge is 0.389 e. The average Bonchev–Trinajstić information content (AvgIpc) is 2.86. The number of aromatic nitrogens is 2. The average molecular weight is 252 g/mol. The van der Waals surface area contributed by atoms with Crippen molar-refractivity contribution in [3.8, 4) is 0 Å². The Morgan fingerprint density at radius 1 is 1.62 bits per heavy atom. The Morgan fingerprint density at radius 3 is 3.06 bits per heavy atom. The Morgan fingerprint density at radius 2 is 2.44 bits per heavy atom. The summed E-state index contributed by atoms with van der Waals surface area (Å²) in [4.78, 5) is 11.9. The lowest BCUT2D eigenvalue weighted by Gasteiger charge is -2.02. The maximum absolute atomic E-state index is 11.7. The second-order valence-corrected chi connectivity index (χ2v) is 4.21. The molecule has 0 saturated carbocycles. The van der Waals surface area contributed by atoms with Gasteiger partial charge in [-0.2, -0.15) is 16.4 Å². The molecule has 0 radical (unpaired) electrons. The summed E-state index contributed by atoms with van der Waals surface area (Å²) in [5.41, 5.74) is 6.59. The Balaban J connectivity index is 2.18. The molecule has 0 bridgehead atoms. The van der Waals surface area contributed by atoms with Crippen LogP contribution in [0.2, 0.25) is 0 Å². The van der Waals surface area contributed by atoms with Gasteiger partial charge in [-0.15, -0.1) is 0 Å². The number of H-pyrrole nitrogens is 1. The molecular weight excluding hydrogens is 244 g/mol. The van der Waals surface area contributed by atoms with Crippen molar-refractivity contribution in [1.82, 2.24) is 10.2 Å². The van der Waals surface area contributed by atoms with E-state index < -0.39 is 0 Å². The van der Waals surface area contributed by atoms with Gasteiger partial charge in [-0.1, -0.05) is 12.2 Å². The fourth-order valence-electron chi connectivity index (χ4n) is 1.15. The van der Waals surface area contributed by atoms with Crippen LogP contribution in [-0.2, 0) is 0 Å². The summed E-state index contributed by atoms with van der Waals surface area (Å²) in [5, 5.41) is 12.6. The lowest BCUT2D eigenvalue weighted by Crippen LogP contribution is -2.16. The molecule has 0 spiro atoms. The zero-order chi connectivity index (χ0) is 11.5. The Hall–Kier alpha value is -1.73. The minimum atomic E-state index is -0.219. The number of anilines is 1. The van der Waals surface area contributed by atoms with Crippen LogP contribution in [0.5, 0.6) is 0 Å². The number of amides is 1. The van der Waals surface area contributed by atoms with Gasteiger partial charge in [0.25, 0.3) is 5.91 Å². The fraction of sp³-hybridized carbons (Fsp3) is 0. The van der Waals surface area contributed by atoms with E-state index in [0.717, 1.165) is 0 Å². The van der Waals surface area contributed by atoms with Gasteiger partial charge in [0.05, 0.1) is 17.3 Å². The number of nitrogens with one attached hydrogen (secondary N) is 2. The maximum Gasteiger partial charge on any atom is 0.257 e. The van der Waals surface area contributed by atoms with Crippen molar-refractivity contribution in [3.05, 3.63) is 34.2 Å².